The van der Waals surface area contributed by atoms with Crippen molar-refractivity contribution in [3.05, 3.63) is 60.2 Å². The number of aliphatic imine (C=N–C) groups is 1. The average Bonchev–Trinajstić information content (AvgIpc) is 2.59. The number of nitrogens with one attached hydrogen (secondary N) is 1. The van der Waals surface area contributed by atoms with Crippen LogP contribution in [0.4, 0.5) is 5.69 Å². The largest absolute Gasteiger partial charge is 0.492 e. The molecular weight excluding hydrogens is 286 g/mol. The second-order valence-corrected chi connectivity index (χ2v) is 5.48. The van der Waals surface area contributed by atoms with Gasteiger partial charge in [0.25, 0.3) is 0 Å². The monoisotopic (exact) mass is 311 g/mol. The van der Waals surface area contributed by atoms with E-state index in [0.29, 0.717) is 25.0 Å². The molecule has 0 heterocycles. The Morgan fingerprint density at radius 2 is 1.83 bits per heavy atom. The van der Waals surface area contributed by atoms with E-state index in [-0.39, 0.29) is 0 Å². The molecule has 4 heteroatoms. The SMILES string of the molecule is CCC(C)c1ccc(NC(N)=NCCOc2ccccc2)cc1. The van der Waals surface area contributed by atoms with E-state index in [9.17, 15) is 0 Å². The van der Waals surface area contributed by atoms with Gasteiger partial charge in [-0.15, -0.1) is 0 Å². The molecule has 0 fully saturated rings. The van der Waals surface area contributed by atoms with Gasteiger partial charge in [0.2, 0.25) is 0 Å². The molecule has 0 amide bonds. The minimum atomic E-state index is 0.401. The molecule has 2 aromatic carbocycles. The molecule has 0 bridgehead atoms. The molecule has 0 saturated heterocycles. The van der Waals surface area contributed by atoms with Crippen LogP contribution in [0.25, 0.3) is 0 Å². The normalized spacial score (nSPS) is 12.7. The molecule has 3 N–H and O–H groups in total. The topological polar surface area (TPSA) is 59.6 Å². The van der Waals surface area contributed by atoms with Gasteiger partial charge >= 0.3 is 0 Å². The highest BCUT2D eigenvalue weighted by Gasteiger charge is 2.02. The summed E-state index contributed by atoms with van der Waals surface area (Å²) < 4.78 is 5.57. The number of nitrogens with two attached hydrogens (primary N) is 1. The van der Waals surface area contributed by atoms with Crippen molar-refractivity contribution in [3.63, 3.8) is 0 Å². The summed E-state index contributed by atoms with van der Waals surface area (Å²) in [4.78, 5) is 4.27. The Morgan fingerprint density at radius 1 is 1.13 bits per heavy atom. The summed E-state index contributed by atoms with van der Waals surface area (Å²) in [5.41, 5.74) is 8.18. The summed E-state index contributed by atoms with van der Waals surface area (Å²) in [7, 11) is 0. The maximum Gasteiger partial charge on any atom is 0.193 e. The second-order valence-electron chi connectivity index (χ2n) is 5.48. The van der Waals surface area contributed by atoms with Crippen LogP contribution in [0.15, 0.2) is 59.6 Å². The minimum absolute atomic E-state index is 0.401. The van der Waals surface area contributed by atoms with Gasteiger partial charge in [-0.1, -0.05) is 44.2 Å². The first-order valence-corrected chi connectivity index (χ1v) is 8.03. The van der Waals surface area contributed by atoms with Crippen molar-refractivity contribution in [2.24, 2.45) is 10.7 Å². The first kappa shape index (κ1) is 16.9. The second kappa shape index (κ2) is 8.83. The maximum absolute atomic E-state index is 5.89. The fourth-order valence-electron chi connectivity index (χ4n) is 2.16. The molecule has 0 aliphatic carbocycles. The molecule has 0 aromatic heterocycles. The Kier molecular flexibility index (Phi) is 6.48. The average molecular weight is 311 g/mol. The van der Waals surface area contributed by atoms with Crippen LogP contribution in [0, 0.1) is 0 Å². The molecule has 122 valence electrons. The predicted molar refractivity (Wildman–Crippen MR) is 97.2 cm³/mol. The van der Waals surface area contributed by atoms with Crippen molar-refractivity contribution in [1.82, 2.24) is 0 Å². The Hall–Kier alpha value is -2.49. The zero-order chi connectivity index (χ0) is 16.5. The van der Waals surface area contributed by atoms with Crippen molar-refractivity contribution >= 4 is 11.6 Å². The van der Waals surface area contributed by atoms with Gasteiger partial charge in [0.1, 0.15) is 12.4 Å². The minimum Gasteiger partial charge on any atom is -0.492 e. The van der Waals surface area contributed by atoms with Crippen LogP contribution in [-0.2, 0) is 0 Å². The summed E-state index contributed by atoms with van der Waals surface area (Å²) in [6, 6.07) is 18.0. The van der Waals surface area contributed by atoms with Gasteiger partial charge in [-0.2, -0.15) is 0 Å². The van der Waals surface area contributed by atoms with Gasteiger partial charge in [0, 0.05) is 5.69 Å². The van der Waals surface area contributed by atoms with Crippen LogP contribution < -0.4 is 15.8 Å². The van der Waals surface area contributed by atoms with Crippen molar-refractivity contribution in [3.8, 4) is 5.75 Å². The Bertz CT molecular complexity index is 608. The van der Waals surface area contributed by atoms with E-state index in [2.05, 4.69) is 36.3 Å². The molecule has 1 atom stereocenters. The number of benzene rings is 2. The Morgan fingerprint density at radius 3 is 2.48 bits per heavy atom. The lowest BCUT2D eigenvalue weighted by Gasteiger charge is -2.11. The lowest BCUT2D eigenvalue weighted by Crippen LogP contribution is -2.23. The summed E-state index contributed by atoms with van der Waals surface area (Å²) >= 11 is 0. The molecular formula is C19H25N3O. The number of nitrogens with zero attached hydrogens (tertiary/aromatic N) is 1. The third kappa shape index (κ3) is 5.66. The molecule has 0 spiro atoms. The number of anilines is 1. The molecule has 2 rings (SSSR count). The molecule has 2 aromatic rings. The van der Waals surface area contributed by atoms with Gasteiger partial charge in [-0.05, 0) is 42.2 Å². The van der Waals surface area contributed by atoms with E-state index < -0.39 is 0 Å². The number of ether oxygens (including phenoxy) is 1. The van der Waals surface area contributed by atoms with Gasteiger partial charge in [-0.25, -0.2) is 4.99 Å². The van der Waals surface area contributed by atoms with Crippen molar-refractivity contribution in [1.29, 1.82) is 0 Å². The van der Waals surface area contributed by atoms with E-state index in [1.165, 1.54) is 5.56 Å². The Labute approximate surface area is 138 Å². The van der Waals surface area contributed by atoms with E-state index in [1.807, 2.05) is 42.5 Å². The highest BCUT2D eigenvalue weighted by atomic mass is 16.5. The fraction of sp³-hybridized carbons (Fsp3) is 0.316. The number of rotatable bonds is 7. The fourth-order valence-corrected chi connectivity index (χ4v) is 2.16. The maximum atomic E-state index is 5.89. The molecule has 4 nitrogen and oxygen atoms in total. The van der Waals surface area contributed by atoms with Crippen LogP contribution in [0.2, 0.25) is 0 Å². The number of hydrogen-bond donors (Lipinski definition) is 2. The molecule has 23 heavy (non-hydrogen) atoms. The zero-order valence-corrected chi connectivity index (χ0v) is 13.8. The van der Waals surface area contributed by atoms with E-state index in [4.69, 9.17) is 10.5 Å². The summed E-state index contributed by atoms with van der Waals surface area (Å²) in [5.74, 6) is 1.82. The quantitative estimate of drug-likeness (QED) is 0.461. The van der Waals surface area contributed by atoms with E-state index in [1.54, 1.807) is 0 Å². The van der Waals surface area contributed by atoms with Crippen LogP contribution in [0.5, 0.6) is 5.75 Å². The highest BCUT2D eigenvalue weighted by molar-refractivity contribution is 5.92. The van der Waals surface area contributed by atoms with Gasteiger partial charge in [-0.3, -0.25) is 0 Å². The molecule has 0 radical (unpaired) electrons. The number of guanidine groups is 1. The number of hydrogen-bond acceptors (Lipinski definition) is 2. The van der Waals surface area contributed by atoms with Crippen LogP contribution >= 0.6 is 0 Å². The van der Waals surface area contributed by atoms with Gasteiger partial charge in [0.05, 0.1) is 6.54 Å². The molecule has 1 unspecified atom stereocenters. The van der Waals surface area contributed by atoms with E-state index in [0.717, 1.165) is 17.9 Å². The van der Waals surface area contributed by atoms with Crippen LogP contribution in [0.3, 0.4) is 0 Å². The van der Waals surface area contributed by atoms with E-state index >= 15 is 0 Å². The zero-order valence-electron chi connectivity index (χ0n) is 13.8. The molecule has 0 aliphatic rings. The van der Waals surface area contributed by atoms with Crippen LogP contribution in [0.1, 0.15) is 31.7 Å². The third-order valence-corrected chi connectivity index (χ3v) is 3.75. The van der Waals surface area contributed by atoms with Gasteiger partial charge < -0.3 is 15.8 Å². The summed E-state index contributed by atoms with van der Waals surface area (Å²) in [6.45, 7) is 5.43. The number of para-hydroxylation sites is 1. The smallest absolute Gasteiger partial charge is 0.193 e. The first-order chi connectivity index (χ1) is 11.2. The first-order valence-electron chi connectivity index (χ1n) is 8.03. The van der Waals surface area contributed by atoms with Crippen molar-refractivity contribution in [2.45, 2.75) is 26.2 Å². The highest BCUT2D eigenvalue weighted by Crippen LogP contribution is 2.20. The third-order valence-electron chi connectivity index (χ3n) is 3.75. The summed E-state index contributed by atoms with van der Waals surface area (Å²) in [6.07, 6.45) is 1.14. The lowest BCUT2D eigenvalue weighted by atomic mass is 9.99. The van der Waals surface area contributed by atoms with Crippen molar-refractivity contribution in [2.75, 3.05) is 18.5 Å². The molecule has 0 saturated carbocycles. The van der Waals surface area contributed by atoms with Crippen molar-refractivity contribution < 1.29 is 4.74 Å². The van der Waals surface area contributed by atoms with Gasteiger partial charge in [0.15, 0.2) is 5.96 Å². The predicted octanol–water partition coefficient (Wildman–Crippen LogP) is 4.01. The summed E-state index contributed by atoms with van der Waals surface area (Å²) in [5, 5.41) is 3.10. The van der Waals surface area contributed by atoms with Crippen LogP contribution in [-0.4, -0.2) is 19.1 Å². The standard InChI is InChI=1S/C19H25N3O/c1-3-15(2)16-9-11-17(12-10-16)22-19(20)21-13-14-23-18-7-5-4-6-8-18/h4-12,15H,3,13-14H2,1-2H3,(H3,20,21,22). The molecule has 0 aliphatic heterocycles. The Balaban J connectivity index is 1.78. The lowest BCUT2D eigenvalue weighted by molar-refractivity contribution is 0.329.